The molecule has 30 heavy (non-hydrogen) atoms. The predicted molar refractivity (Wildman–Crippen MR) is 134 cm³/mol. The molecule has 0 heterocycles. The van der Waals surface area contributed by atoms with Crippen molar-refractivity contribution in [2.75, 3.05) is 14.1 Å². The number of rotatable bonds is 7. The zero-order valence-corrected chi connectivity index (χ0v) is 20.1. The van der Waals surface area contributed by atoms with Crippen LogP contribution >= 0.6 is 0 Å². The van der Waals surface area contributed by atoms with Gasteiger partial charge in [-0.25, -0.2) is 0 Å². The summed E-state index contributed by atoms with van der Waals surface area (Å²) in [5.74, 6) is 0. The molecule has 1 N–H and O–H groups in total. The van der Waals surface area contributed by atoms with Crippen LogP contribution in [-0.2, 0) is 6.54 Å². The largest absolute Gasteiger partial charge is 0.375 e. The lowest BCUT2D eigenvalue weighted by Crippen LogP contribution is -2.56. The van der Waals surface area contributed by atoms with Gasteiger partial charge in [-0.1, -0.05) is 66.7 Å². The van der Waals surface area contributed by atoms with Crippen LogP contribution < -0.4 is 15.7 Å². The lowest BCUT2D eigenvalue weighted by molar-refractivity contribution is 0.404. The Balaban J connectivity index is 2.30. The average molecular weight is 417 g/mol. The molecule has 3 nitrogen and oxygen atoms in total. The van der Waals surface area contributed by atoms with Gasteiger partial charge < -0.3 is 10.2 Å². The minimum atomic E-state index is -1.29. The SMILES string of the molecule is CC(C)N=C(NC(C)C)[Si](c1ccccc1)c1cccc2cccc(CN(C)C)c12. The molecule has 0 fully saturated rings. The van der Waals surface area contributed by atoms with Gasteiger partial charge in [0.1, 0.15) is 0 Å². The van der Waals surface area contributed by atoms with Crippen molar-refractivity contribution in [1.29, 1.82) is 0 Å². The fourth-order valence-corrected chi connectivity index (χ4v) is 6.83. The van der Waals surface area contributed by atoms with Crippen LogP contribution in [0.15, 0.2) is 71.7 Å². The van der Waals surface area contributed by atoms with Gasteiger partial charge in [-0.3, -0.25) is 4.99 Å². The molecule has 0 saturated carbocycles. The minimum absolute atomic E-state index is 0.242. The Kier molecular flexibility index (Phi) is 7.46. The second-order valence-corrected chi connectivity index (χ2v) is 11.0. The van der Waals surface area contributed by atoms with Gasteiger partial charge in [0.15, 0.2) is 0 Å². The number of fused-ring (bicyclic) bond motifs is 1. The quantitative estimate of drug-likeness (QED) is 0.360. The van der Waals surface area contributed by atoms with E-state index in [1.54, 1.807) is 0 Å². The normalized spacial score (nSPS) is 12.5. The van der Waals surface area contributed by atoms with E-state index in [0.717, 1.165) is 12.0 Å². The Hall–Kier alpha value is -2.43. The number of amidine groups is 1. The summed E-state index contributed by atoms with van der Waals surface area (Å²) in [6.07, 6.45) is 0. The lowest BCUT2D eigenvalue weighted by atomic mass is 10.0. The molecule has 0 aliphatic rings. The molecule has 4 heteroatoms. The van der Waals surface area contributed by atoms with E-state index in [0.29, 0.717) is 6.04 Å². The van der Waals surface area contributed by atoms with Crippen molar-refractivity contribution < 1.29 is 0 Å². The molecule has 3 aromatic carbocycles. The number of hydrogen-bond donors (Lipinski definition) is 1. The highest BCUT2D eigenvalue weighted by Crippen LogP contribution is 2.19. The molecule has 0 spiro atoms. The summed E-state index contributed by atoms with van der Waals surface area (Å²) in [6.45, 7) is 9.63. The molecule has 0 unspecified atom stereocenters. The van der Waals surface area contributed by atoms with Crippen LogP contribution in [0.5, 0.6) is 0 Å². The third-order valence-electron chi connectivity index (χ3n) is 4.86. The van der Waals surface area contributed by atoms with Crippen molar-refractivity contribution in [3.63, 3.8) is 0 Å². The van der Waals surface area contributed by atoms with Gasteiger partial charge >= 0.3 is 0 Å². The molecule has 3 rings (SSSR count). The first-order valence-corrected chi connectivity index (χ1v) is 12.3. The summed E-state index contributed by atoms with van der Waals surface area (Å²) < 4.78 is 0. The number of aliphatic imine (C=N–C) groups is 1. The van der Waals surface area contributed by atoms with Crippen LogP contribution in [-0.4, -0.2) is 45.3 Å². The average Bonchev–Trinajstić information content (AvgIpc) is 2.68. The van der Waals surface area contributed by atoms with E-state index < -0.39 is 8.80 Å². The van der Waals surface area contributed by atoms with Gasteiger partial charge in [0.25, 0.3) is 0 Å². The zero-order valence-electron chi connectivity index (χ0n) is 19.1. The highest BCUT2D eigenvalue weighted by Gasteiger charge is 2.27. The summed E-state index contributed by atoms with van der Waals surface area (Å²) >= 11 is 0. The monoisotopic (exact) mass is 416 g/mol. The molecule has 0 aliphatic heterocycles. The molecular weight excluding hydrogens is 382 g/mol. The third kappa shape index (κ3) is 5.38. The van der Waals surface area contributed by atoms with Gasteiger partial charge in [0, 0.05) is 18.6 Å². The number of nitrogens with one attached hydrogen (secondary N) is 1. The van der Waals surface area contributed by atoms with Crippen molar-refractivity contribution in [3.8, 4) is 0 Å². The van der Waals surface area contributed by atoms with Crippen LogP contribution in [0.25, 0.3) is 10.8 Å². The Morgan fingerprint density at radius 2 is 1.57 bits per heavy atom. The van der Waals surface area contributed by atoms with Crippen LogP contribution in [0.1, 0.15) is 33.3 Å². The number of benzene rings is 3. The van der Waals surface area contributed by atoms with Crippen LogP contribution in [0.4, 0.5) is 0 Å². The lowest BCUT2D eigenvalue weighted by Gasteiger charge is -2.25. The maximum atomic E-state index is 5.11. The van der Waals surface area contributed by atoms with E-state index in [1.807, 2.05) is 0 Å². The highest BCUT2D eigenvalue weighted by molar-refractivity contribution is 7.09. The Bertz CT molecular complexity index is 988. The number of nitrogens with zero attached hydrogens (tertiary/aromatic N) is 2. The highest BCUT2D eigenvalue weighted by atomic mass is 28.3. The minimum Gasteiger partial charge on any atom is -0.375 e. The second-order valence-electron chi connectivity index (χ2n) is 8.67. The standard InChI is InChI=1S/C26H34N3Si/c1-19(2)27-26(28-20(3)4)30(23-15-8-7-9-16-23)24-17-11-13-21-12-10-14-22(25(21)24)18-29(5)6/h7-17,19-20H,18H2,1-6H3,(H,27,28). The Morgan fingerprint density at radius 1 is 0.900 bits per heavy atom. The topological polar surface area (TPSA) is 27.6 Å². The molecule has 0 atom stereocenters. The summed E-state index contributed by atoms with van der Waals surface area (Å²) in [5.41, 5.74) is 2.52. The van der Waals surface area contributed by atoms with E-state index in [2.05, 4.69) is 119 Å². The van der Waals surface area contributed by atoms with E-state index >= 15 is 0 Å². The Morgan fingerprint density at radius 3 is 2.17 bits per heavy atom. The smallest absolute Gasteiger partial charge is 0.202 e. The first-order chi connectivity index (χ1) is 14.4. The van der Waals surface area contributed by atoms with Gasteiger partial charge in [-0.15, -0.1) is 0 Å². The molecule has 0 aliphatic carbocycles. The summed E-state index contributed by atoms with van der Waals surface area (Å²) in [5, 5.41) is 9.18. The predicted octanol–water partition coefficient (Wildman–Crippen LogP) is 3.85. The van der Waals surface area contributed by atoms with Crippen molar-refractivity contribution in [2.45, 2.75) is 46.3 Å². The zero-order chi connectivity index (χ0) is 21.7. The van der Waals surface area contributed by atoms with Gasteiger partial charge in [0.2, 0.25) is 8.80 Å². The third-order valence-corrected chi connectivity index (χ3v) is 7.47. The van der Waals surface area contributed by atoms with E-state index in [1.165, 1.54) is 26.7 Å². The molecule has 0 amide bonds. The molecular formula is C26H34N3Si. The maximum absolute atomic E-state index is 5.11. The first-order valence-electron chi connectivity index (χ1n) is 10.8. The van der Waals surface area contributed by atoms with E-state index in [4.69, 9.17) is 4.99 Å². The molecule has 0 saturated heterocycles. The van der Waals surface area contributed by atoms with Crippen molar-refractivity contribution in [1.82, 2.24) is 10.2 Å². The second kappa shape index (κ2) is 10.1. The first kappa shape index (κ1) is 22.3. The van der Waals surface area contributed by atoms with Crippen molar-refractivity contribution in [2.24, 2.45) is 4.99 Å². The fraction of sp³-hybridized carbons (Fsp3) is 0.346. The molecule has 157 valence electrons. The van der Waals surface area contributed by atoms with Crippen LogP contribution in [0.3, 0.4) is 0 Å². The van der Waals surface area contributed by atoms with Crippen molar-refractivity contribution >= 4 is 35.4 Å². The van der Waals surface area contributed by atoms with Gasteiger partial charge in [-0.2, -0.15) is 0 Å². The van der Waals surface area contributed by atoms with E-state index in [9.17, 15) is 0 Å². The van der Waals surface area contributed by atoms with Crippen LogP contribution in [0.2, 0.25) is 0 Å². The van der Waals surface area contributed by atoms with Gasteiger partial charge in [0.05, 0.1) is 5.46 Å². The summed E-state index contributed by atoms with van der Waals surface area (Å²) in [4.78, 5) is 7.35. The molecule has 0 aromatic heterocycles. The maximum Gasteiger partial charge on any atom is 0.202 e. The van der Waals surface area contributed by atoms with Crippen molar-refractivity contribution in [3.05, 3.63) is 72.3 Å². The number of hydrogen-bond acceptors (Lipinski definition) is 2. The molecule has 1 radical (unpaired) electrons. The van der Waals surface area contributed by atoms with E-state index in [-0.39, 0.29) is 6.04 Å². The molecule has 0 bridgehead atoms. The molecule has 3 aromatic rings. The van der Waals surface area contributed by atoms with Crippen LogP contribution in [0, 0.1) is 0 Å². The fourth-order valence-electron chi connectivity index (χ4n) is 3.83. The Labute approximate surface area is 183 Å². The summed E-state index contributed by atoms with van der Waals surface area (Å²) in [6, 6.07) is 24.9. The van der Waals surface area contributed by atoms with Gasteiger partial charge in [-0.05, 0) is 68.5 Å². The summed E-state index contributed by atoms with van der Waals surface area (Å²) in [7, 11) is 2.98.